The minimum Gasteiger partial charge on any atom is -0.337 e. The Labute approximate surface area is 155 Å². The Morgan fingerprint density at radius 1 is 1.32 bits per heavy atom. The molecule has 0 spiro atoms. The zero-order chi connectivity index (χ0) is 17.4. The van der Waals surface area contributed by atoms with Crippen LogP contribution in [0.3, 0.4) is 0 Å². The quantitative estimate of drug-likeness (QED) is 0.892. The Balaban J connectivity index is 1.41. The lowest BCUT2D eigenvalue weighted by Gasteiger charge is -2.26. The van der Waals surface area contributed by atoms with Crippen LogP contribution >= 0.6 is 22.9 Å². The van der Waals surface area contributed by atoms with E-state index in [0.717, 1.165) is 35.4 Å². The zero-order valence-corrected chi connectivity index (χ0v) is 15.2. The number of rotatable bonds is 4. The van der Waals surface area contributed by atoms with E-state index in [4.69, 9.17) is 11.6 Å². The van der Waals surface area contributed by atoms with E-state index in [9.17, 15) is 9.59 Å². The van der Waals surface area contributed by atoms with Crippen LogP contribution in [-0.4, -0.2) is 28.2 Å². The Morgan fingerprint density at radius 2 is 2.12 bits per heavy atom. The minimum absolute atomic E-state index is 0.0655. The van der Waals surface area contributed by atoms with E-state index < -0.39 is 0 Å². The van der Waals surface area contributed by atoms with Gasteiger partial charge in [-0.1, -0.05) is 41.1 Å². The molecule has 1 N–H and O–H groups in total. The number of amides is 2. The van der Waals surface area contributed by atoms with Crippen LogP contribution in [-0.2, 0) is 29.0 Å². The Kier molecular flexibility index (Phi) is 4.48. The first-order valence-electron chi connectivity index (χ1n) is 8.41. The number of anilines is 1. The number of nitrogens with one attached hydrogen (secondary N) is 1. The molecule has 2 heterocycles. The van der Waals surface area contributed by atoms with Crippen molar-refractivity contribution in [1.82, 2.24) is 9.88 Å². The smallest absolute Gasteiger partial charge is 0.229 e. The summed E-state index contributed by atoms with van der Waals surface area (Å²) in [6.07, 6.45) is 2.97. The molecule has 1 saturated carbocycles. The summed E-state index contributed by atoms with van der Waals surface area (Å²) >= 11 is 7.63. The summed E-state index contributed by atoms with van der Waals surface area (Å²) in [6, 6.07) is 7.43. The predicted molar refractivity (Wildman–Crippen MR) is 97.7 cm³/mol. The van der Waals surface area contributed by atoms with Crippen molar-refractivity contribution >= 4 is 39.9 Å². The molecule has 1 aromatic heterocycles. The molecule has 1 aromatic carbocycles. The highest BCUT2D eigenvalue weighted by Crippen LogP contribution is 2.33. The number of fused-ring (bicyclic) bond motifs is 1. The number of halogens is 1. The molecule has 0 bridgehead atoms. The van der Waals surface area contributed by atoms with Gasteiger partial charge in [0.2, 0.25) is 11.8 Å². The second-order valence-corrected chi connectivity index (χ2v) is 7.98. The molecule has 2 amide bonds. The van der Waals surface area contributed by atoms with E-state index in [1.165, 1.54) is 11.3 Å². The van der Waals surface area contributed by atoms with Crippen molar-refractivity contribution in [2.24, 2.45) is 5.92 Å². The van der Waals surface area contributed by atoms with E-state index in [1.54, 1.807) is 6.07 Å². The SMILES string of the molecule is O=C(Nc1nc2c(s1)CN(C(=O)Cc1ccccc1Cl)CC2)C1CC1. The molecule has 0 unspecified atom stereocenters. The Morgan fingerprint density at radius 3 is 2.88 bits per heavy atom. The van der Waals surface area contributed by atoms with Gasteiger partial charge in [0.1, 0.15) is 0 Å². The van der Waals surface area contributed by atoms with E-state index in [2.05, 4.69) is 10.3 Å². The fourth-order valence-corrected chi connectivity index (χ4v) is 4.16. The molecule has 7 heteroatoms. The van der Waals surface area contributed by atoms with Gasteiger partial charge in [0, 0.05) is 28.8 Å². The minimum atomic E-state index is 0.0655. The summed E-state index contributed by atoms with van der Waals surface area (Å²) in [4.78, 5) is 31.9. The van der Waals surface area contributed by atoms with Crippen LogP contribution < -0.4 is 5.32 Å². The van der Waals surface area contributed by atoms with Gasteiger partial charge in [-0.25, -0.2) is 4.98 Å². The number of nitrogens with zero attached hydrogens (tertiary/aromatic N) is 2. The summed E-state index contributed by atoms with van der Waals surface area (Å²) in [6.45, 7) is 1.20. The maximum Gasteiger partial charge on any atom is 0.229 e. The normalized spacial score (nSPS) is 16.4. The van der Waals surface area contributed by atoms with Crippen LogP contribution in [0.4, 0.5) is 5.13 Å². The zero-order valence-electron chi connectivity index (χ0n) is 13.6. The number of carbonyl (C=O) groups is 2. The van der Waals surface area contributed by atoms with E-state index in [-0.39, 0.29) is 17.7 Å². The third kappa shape index (κ3) is 3.70. The number of carbonyl (C=O) groups excluding carboxylic acids is 2. The van der Waals surface area contributed by atoms with Crippen LogP contribution in [0.25, 0.3) is 0 Å². The summed E-state index contributed by atoms with van der Waals surface area (Å²) in [5, 5.41) is 4.18. The summed E-state index contributed by atoms with van der Waals surface area (Å²) in [5.41, 5.74) is 1.85. The monoisotopic (exact) mass is 375 g/mol. The Hall–Kier alpha value is -1.92. The molecule has 1 aliphatic heterocycles. The molecular formula is C18H18ClN3O2S. The topological polar surface area (TPSA) is 62.3 Å². The number of aromatic nitrogens is 1. The van der Waals surface area contributed by atoms with Crippen molar-refractivity contribution in [3.8, 4) is 0 Å². The molecule has 25 heavy (non-hydrogen) atoms. The van der Waals surface area contributed by atoms with E-state index in [1.807, 2.05) is 23.1 Å². The summed E-state index contributed by atoms with van der Waals surface area (Å²) in [7, 11) is 0. The second-order valence-electron chi connectivity index (χ2n) is 6.49. The first kappa shape index (κ1) is 16.5. The van der Waals surface area contributed by atoms with Crippen molar-refractivity contribution in [2.75, 3.05) is 11.9 Å². The lowest BCUT2D eigenvalue weighted by molar-refractivity contribution is -0.131. The van der Waals surface area contributed by atoms with Gasteiger partial charge in [-0.3, -0.25) is 9.59 Å². The molecule has 1 aliphatic carbocycles. The van der Waals surface area contributed by atoms with Gasteiger partial charge in [0.25, 0.3) is 0 Å². The van der Waals surface area contributed by atoms with Gasteiger partial charge in [0.15, 0.2) is 5.13 Å². The molecular weight excluding hydrogens is 358 g/mol. The lowest BCUT2D eigenvalue weighted by Crippen LogP contribution is -2.36. The van der Waals surface area contributed by atoms with Crippen LogP contribution in [0.15, 0.2) is 24.3 Å². The number of benzene rings is 1. The van der Waals surface area contributed by atoms with Crippen molar-refractivity contribution in [3.63, 3.8) is 0 Å². The molecule has 2 aromatic rings. The van der Waals surface area contributed by atoms with Crippen molar-refractivity contribution in [3.05, 3.63) is 45.4 Å². The molecule has 4 rings (SSSR count). The van der Waals surface area contributed by atoms with Crippen LogP contribution in [0, 0.1) is 5.92 Å². The second kappa shape index (κ2) is 6.77. The van der Waals surface area contributed by atoms with Crippen LogP contribution in [0.1, 0.15) is 29.0 Å². The van der Waals surface area contributed by atoms with E-state index >= 15 is 0 Å². The largest absolute Gasteiger partial charge is 0.337 e. The van der Waals surface area contributed by atoms with Gasteiger partial charge >= 0.3 is 0 Å². The molecule has 5 nitrogen and oxygen atoms in total. The molecule has 0 radical (unpaired) electrons. The van der Waals surface area contributed by atoms with Crippen LogP contribution in [0.5, 0.6) is 0 Å². The highest BCUT2D eigenvalue weighted by atomic mass is 35.5. The molecule has 0 atom stereocenters. The molecule has 2 aliphatic rings. The van der Waals surface area contributed by atoms with Crippen molar-refractivity contribution in [2.45, 2.75) is 32.2 Å². The average Bonchev–Trinajstić information content (AvgIpc) is 3.37. The molecule has 1 fully saturated rings. The molecule has 0 saturated heterocycles. The number of hydrogen-bond acceptors (Lipinski definition) is 4. The fraction of sp³-hybridized carbons (Fsp3) is 0.389. The third-order valence-electron chi connectivity index (χ3n) is 4.56. The first-order chi connectivity index (χ1) is 12.1. The predicted octanol–water partition coefficient (Wildman–Crippen LogP) is 3.27. The maximum absolute atomic E-state index is 12.6. The van der Waals surface area contributed by atoms with Crippen molar-refractivity contribution < 1.29 is 9.59 Å². The summed E-state index contributed by atoms with van der Waals surface area (Å²) < 4.78 is 0. The highest BCUT2D eigenvalue weighted by Gasteiger charge is 2.31. The lowest BCUT2D eigenvalue weighted by atomic mass is 10.1. The maximum atomic E-state index is 12.6. The average molecular weight is 376 g/mol. The standard InChI is InChI=1S/C18H18ClN3O2S/c19-13-4-2-1-3-12(13)9-16(23)22-8-7-14-15(10-22)25-18(20-14)21-17(24)11-5-6-11/h1-4,11H,5-10H2,(H,20,21,24). The van der Waals surface area contributed by atoms with Crippen molar-refractivity contribution in [1.29, 1.82) is 0 Å². The number of thiazole rings is 1. The first-order valence-corrected chi connectivity index (χ1v) is 9.60. The van der Waals surface area contributed by atoms with Gasteiger partial charge in [0.05, 0.1) is 18.7 Å². The van der Waals surface area contributed by atoms with Crippen LogP contribution in [0.2, 0.25) is 5.02 Å². The van der Waals surface area contributed by atoms with Gasteiger partial charge < -0.3 is 10.2 Å². The van der Waals surface area contributed by atoms with Gasteiger partial charge in [-0.15, -0.1) is 0 Å². The number of hydrogen-bond donors (Lipinski definition) is 1. The highest BCUT2D eigenvalue weighted by molar-refractivity contribution is 7.15. The molecule has 130 valence electrons. The summed E-state index contributed by atoms with van der Waals surface area (Å²) in [5.74, 6) is 0.295. The van der Waals surface area contributed by atoms with Gasteiger partial charge in [-0.2, -0.15) is 0 Å². The van der Waals surface area contributed by atoms with Gasteiger partial charge in [-0.05, 0) is 24.5 Å². The third-order valence-corrected chi connectivity index (χ3v) is 5.93. The van der Waals surface area contributed by atoms with E-state index in [0.29, 0.717) is 29.7 Å². The fourth-order valence-electron chi connectivity index (χ4n) is 2.93. The Bertz CT molecular complexity index is 831.